The van der Waals surface area contributed by atoms with Gasteiger partial charge in [0.25, 0.3) is 0 Å². The second-order valence-corrected chi connectivity index (χ2v) is 6.18. The van der Waals surface area contributed by atoms with Gasteiger partial charge in [0, 0.05) is 23.2 Å². The van der Waals surface area contributed by atoms with E-state index >= 15 is 0 Å². The molecule has 24 heavy (non-hydrogen) atoms. The van der Waals surface area contributed by atoms with Crippen LogP contribution in [0.5, 0.6) is 0 Å². The Labute approximate surface area is 139 Å². The number of aryl methyl sites for hydroxylation is 1. The third-order valence-corrected chi connectivity index (χ3v) is 3.39. The van der Waals surface area contributed by atoms with Crippen molar-refractivity contribution in [2.24, 2.45) is 0 Å². The monoisotopic (exact) mass is 331 g/mol. The number of benzene rings is 1. The van der Waals surface area contributed by atoms with Crippen LogP contribution in [-0.4, -0.2) is 37.8 Å². The summed E-state index contributed by atoms with van der Waals surface area (Å²) in [7, 11) is 0. The number of carboxylic acids is 1. The number of urea groups is 1. The molecular formula is C16H21N5O3. The number of nitrogens with zero attached hydrogens (tertiary/aromatic N) is 2. The average Bonchev–Trinajstić information content (AvgIpc) is 2.91. The molecule has 0 unspecified atom stereocenters. The van der Waals surface area contributed by atoms with Crippen LogP contribution in [0.25, 0.3) is 11.4 Å². The van der Waals surface area contributed by atoms with Gasteiger partial charge in [-0.15, -0.1) is 0 Å². The van der Waals surface area contributed by atoms with Crippen LogP contribution in [0.4, 0.5) is 10.5 Å². The molecule has 0 aliphatic heterocycles. The van der Waals surface area contributed by atoms with Crippen molar-refractivity contribution in [1.82, 2.24) is 20.5 Å². The van der Waals surface area contributed by atoms with Gasteiger partial charge in [0.15, 0.2) is 5.82 Å². The lowest BCUT2D eigenvalue weighted by molar-refractivity contribution is -0.137. The molecule has 8 heteroatoms. The van der Waals surface area contributed by atoms with Crippen LogP contribution >= 0.6 is 0 Å². The summed E-state index contributed by atoms with van der Waals surface area (Å²) in [5, 5.41) is 21.1. The van der Waals surface area contributed by atoms with Gasteiger partial charge in [-0.3, -0.25) is 9.89 Å². The van der Waals surface area contributed by atoms with E-state index in [1.165, 1.54) is 0 Å². The number of amides is 2. The van der Waals surface area contributed by atoms with Crippen LogP contribution in [0.15, 0.2) is 24.3 Å². The third-order valence-electron chi connectivity index (χ3n) is 3.39. The maximum Gasteiger partial charge on any atom is 0.319 e. The van der Waals surface area contributed by atoms with E-state index < -0.39 is 17.5 Å². The van der Waals surface area contributed by atoms with Crippen molar-refractivity contribution in [2.75, 3.05) is 5.32 Å². The molecule has 0 aliphatic carbocycles. The van der Waals surface area contributed by atoms with E-state index in [9.17, 15) is 9.59 Å². The summed E-state index contributed by atoms with van der Waals surface area (Å²) in [6.45, 7) is 5.37. The fraction of sp³-hybridized carbons (Fsp3) is 0.375. The Morgan fingerprint density at radius 3 is 2.71 bits per heavy atom. The van der Waals surface area contributed by atoms with Gasteiger partial charge < -0.3 is 15.7 Å². The second-order valence-electron chi connectivity index (χ2n) is 6.18. The number of carboxylic acid groups (broad SMARTS) is 1. The van der Waals surface area contributed by atoms with E-state index in [1.807, 2.05) is 13.0 Å². The predicted octanol–water partition coefficient (Wildman–Crippen LogP) is 2.55. The molecule has 0 radical (unpaired) electrons. The van der Waals surface area contributed by atoms with Crippen molar-refractivity contribution in [2.45, 2.75) is 39.2 Å². The molecule has 2 rings (SSSR count). The van der Waals surface area contributed by atoms with Gasteiger partial charge in [-0.1, -0.05) is 12.1 Å². The molecule has 2 amide bonds. The van der Waals surface area contributed by atoms with Crippen molar-refractivity contribution in [3.05, 3.63) is 30.1 Å². The van der Waals surface area contributed by atoms with Gasteiger partial charge in [0.1, 0.15) is 5.82 Å². The topological polar surface area (TPSA) is 120 Å². The first-order valence-corrected chi connectivity index (χ1v) is 7.55. The van der Waals surface area contributed by atoms with Gasteiger partial charge in [-0.25, -0.2) is 9.78 Å². The molecular weight excluding hydrogens is 310 g/mol. The summed E-state index contributed by atoms with van der Waals surface area (Å²) >= 11 is 0. The molecule has 0 fully saturated rings. The standard InChI is InChI=1S/C16H21N5O3/c1-10-17-14(21-20-10)11-5-4-6-12(9-11)18-15(24)19-16(2,3)8-7-13(22)23/h4-6,9H,7-8H2,1-3H3,(H,22,23)(H,17,20,21)(H2,18,19,24). The molecule has 1 heterocycles. The van der Waals surface area contributed by atoms with Gasteiger partial charge in [0.2, 0.25) is 0 Å². The van der Waals surface area contributed by atoms with E-state index in [2.05, 4.69) is 25.8 Å². The van der Waals surface area contributed by atoms with Crippen molar-refractivity contribution in [3.8, 4) is 11.4 Å². The van der Waals surface area contributed by atoms with Crippen LogP contribution in [-0.2, 0) is 4.79 Å². The van der Waals surface area contributed by atoms with Gasteiger partial charge in [-0.2, -0.15) is 5.10 Å². The molecule has 0 spiro atoms. The summed E-state index contributed by atoms with van der Waals surface area (Å²) in [5.74, 6) is 0.374. The lowest BCUT2D eigenvalue weighted by Gasteiger charge is -2.25. The van der Waals surface area contributed by atoms with Gasteiger partial charge in [-0.05, 0) is 39.3 Å². The van der Waals surface area contributed by atoms with Crippen LogP contribution in [0, 0.1) is 6.92 Å². The van der Waals surface area contributed by atoms with E-state index in [4.69, 9.17) is 5.11 Å². The van der Waals surface area contributed by atoms with Crippen molar-refractivity contribution >= 4 is 17.7 Å². The van der Waals surface area contributed by atoms with Crippen LogP contribution in [0.1, 0.15) is 32.5 Å². The zero-order valence-corrected chi connectivity index (χ0v) is 13.9. The summed E-state index contributed by atoms with van der Waals surface area (Å²) in [6, 6.07) is 6.78. The first-order chi connectivity index (χ1) is 11.2. The largest absolute Gasteiger partial charge is 0.481 e. The number of carbonyl (C=O) groups is 2. The van der Waals surface area contributed by atoms with Crippen molar-refractivity contribution < 1.29 is 14.7 Å². The maximum atomic E-state index is 12.1. The molecule has 2 aromatic rings. The summed E-state index contributed by atoms with van der Waals surface area (Å²) in [4.78, 5) is 27.0. The minimum Gasteiger partial charge on any atom is -0.481 e. The number of aliphatic carboxylic acids is 1. The average molecular weight is 331 g/mol. The Morgan fingerprint density at radius 1 is 1.33 bits per heavy atom. The Balaban J connectivity index is 2.00. The Morgan fingerprint density at radius 2 is 2.08 bits per heavy atom. The zero-order valence-electron chi connectivity index (χ0n) is 13.9. The lowest BCUT2D eigenvalue weighted by atomic mass is 9.99. The summed E-state index contributed by atoms with van der Waals surface area (Å²) in [5.41, 5.74) is 0.754. The highest BCUT2D eigenvalue weighted by Gasteiger charge is 2.21. The lowest BCUT2D eigenvalue weighted by Crippen LogP contribution is -2.45. The molecule has 4 N–H and O–H groups in total. The van der Waals surface area contributed by atoms with Gasteiger partial charge >= 0.3 is 12.0 Å². The van der Waals surface area contributed by atoms with E-state index in [0.29, 0.717) is 23.8 Å². The smallest absolute Gasteiger partial charge is 0.319 e. The number of hydrogen-bond acceptors (Lipinski definition) is 4. The first kappa shape index (κ1) is 17.5. The van der Waals surface area contributed by atoms with E-state index in [0.717, 1.165) is 5.56 Å². The Bertz CT molecular complexity index is 739. The van der Waals surface area contributed by atoms with Crippen molar-refractivity contribution in [1.29, 1.82) is 0 Å². The molecule has 0 atom stereocenters. The summed E-state index contributed by atoms with van der Waals surface area (Å²) < 4.78 is 0. The van der Waals surface area contributed by atoms with Crippen LogP contribution in [0.3, 0.4) is 0 Å². The third kappa shape index (κ3) is 5.08. The fourth-order valence-corrected chi connectivity index (χ4v) is 2.16. The molecule has 0 bridgehead atoms. The van der Waals surface area contributed by atoms with E-state index in [1.54, 1.807) is 32.0 Å². The molecule has 0 saturated heterocycles. The van der Waals surface area contributed by atoms with Crippen LogP contribution in [0.2, 0.25) is 0 Å². The molecule has 8 nitrogen and oxygen atoms in total. The van der Waals surface area contributed by atoms with E-state index in [-0.39, 0.29) is 6.42 Å². The number of nitrogens with one attached hydrogen (secondary N) is 3. The number of anilines is 1. The highest BCUT2D eigenvalue weighted by atomic mass is 16.4. The second kappa shape index (κ2) is 7.12. The first-order valence-electron chi connectivity index (χ1n) is 7.55. The minimum absolute atomic E-state index is 0.00700. The number of aromatic amines is 1. The molecule has 0 aliphatic rings. The maximum absolute atomic E-state index is 12.1. The number of H-pyrrole nitrogens is 1. The Hall–Kier alpha value is -2.90. The normalized spacial score (nSPS) is 11.1. The number of aromatic nitrogens is 3. The number of hydrogen-bond donors (Lipinski definition) is 4. The number of rotatable bonds is 6. The minimum atomic E-state index is -0.889. The molecule has 1 aromatic carbocycles. The fourth-order valence-electron chi connectivity index (χ4n) is 2.16. The molecule has 1 aromatic heterocycles. The molecule has 128 valence electrons. The quantitative estimate of drug-likeness (QED) is 0.648. The molecule has 0 saturated carbocycles. The highest BCUT2D eigenvalue weighted by molar-refractivity contribution is 5.90. The highest BCUT2D eigenvalue weighted by Crippen LogP contribution is 2.19. The zero-order chi connectivity index (χ0) is 17.7. The van der Waals surface area contributed by atoms with Crippen molar-refractivity contribution in [3.63, 3.8) is 0 Å². The van der Waals surface area contributed by atoms with Crippen LogP contribution < -0.4 is 10.6 Å². The SMILES string of the molecule is Cc1nc(-c2cccc(NC(=O)NC(C)(C)CCC(=O)O)c2)n[nH]1. The summed E-state index contributed by atoms with van der Waals surface area (Å²) in [6.07, 6.45) is 0.333. The predicted molar refractivity (Wildman–Crippen MR) is 89.7 cm³/mol. The number of carbonyl (C=O) groups excluding carboxylic acids is 1. The Kier molecular flexibility index (Phi) is 5.18. The van der Waals surface area contributed by atoms with Gasteiger partial charge in [0.05, 0.1) is 0 Å².